The van der Waals surface area contributed by atoms with Gasteiger partial charge in [-0.15, -0.1) is 5.10 Å². The topological polar surface area (TPSA) is 69.6 Å². The lowest BCUT2D eigenvalue weighted by molar-refractivity contribution is 0.526. The van der Waals surface area contributed by atoms with Crippen molar-refractivity contribution in [2.24, 2.45) is 5.73 Å². The van der Waals surface area contributed by atoms with Crippen molar-refractivity contribution in [1.29, 1.82) is 0 Å². The van der Waals surface area contributed by atoms with E-state index in [0.29, 0.717) is 6.54 Å². The summed E-state index contributed by atoms with van der Waals surface area (Å²) in [7, 11) is 0. The molecule has 0 saturated heterocycles. The molecule has 0 aliphatic heterocycles. The molecule has 2 aromatic rings. The summed E-state index contributed by atoms with van der Waals surface area (Å²) in [6.45, 7) is 4.56. The van der Waals surface area contributed by atoms with Crippen molar-refractivity contribution in [1.82, 2.24) is 20.0 Å². The van der Waals surface area contributed by atoms with Crippen molar-refractivity contribution in [2.75, 3.05) is 0 Å². The van der Waals surface area contributed by atoms with Gasteiger partial charge < -0.3 is 5.73 Å². The van der Waals surface area contributed by atoms with Crippen LogP contribution in [0.5, 0.6) is 0 Å². The molecule has 2 N–H and O–H groups in total. The molecule has 0 spiro atoms. The minimum atomic E-state index is 0.264. The number of aromatic nitrogens is 4. The number of nitrogens with zero attached hydrogens (tertiary/aromatic N) is 4. The highest BCUT2D eigenvalue weighted by Crippen LogP contribution is 2.15. The van der Waals surface area contributed by atoms with Crippen molar-refractivity contribution in [3.63, 3.8) is 0 Å². The van der Waals surface area contributed by atoms with Crippen LogP contribution in [0.25, 0.3) is 11.2 Å². The molecule has 0 radical (unpaired) electrons. The molecule has 0 unspecified atom stereocenters. The van der Waals surface area contributed by atoms with Gasteiger partial charge in [-0.25, -0.2) is 9.67 Å². The van der Waals surface area contributed by atoms with Crippen molar-refractivity contribution in [3.05, 3.63) is 17.8 Å². The number of pyridine rings is 1. The van der Waals surface area contributed by atoms with Gasteiger partial charge in [0.25, 0.3) is 0 Å². The molecule has 5 heteroatoms. The molecule has 74 valence electrons. The van der Waals surface area contributed by atoms with Crippen LogP contribution in [0.3, 0.4) is 0 Å². The number of nitrogens with two attached hydrogens (primary N) is 1. The molecule has 0 saturated carbocycles. The Kier molecular flexibility index (Phi) is 2.17. The Balaban J connectivity index is 2.69. The van der Waals surface area contributed by atoms with E-state index in [1.165, 1.54) is 0 Å². The summed E-state index contributed by atoms with van der Waals surface area (Å²) >= 11 is 0. The first-order valence-electron chi connectivity index (χ1n) is 4.63. The molecular formula is C9H13N5. The fourth-order valence-corrected chi connectivity index (χ4v) is 1.41. The average Bonchev–Trinajstić information content (AvgIpc) is 2.60. The van der Waals surface area contributed by atoms with E-state index in [1.807, 2.05) is 19.9 Å². The Morgan fingerprint density at radius 2 is 2.29 bits per heavy atom. The van der Waals surface area contributed by atoms with Crippen LogP contribution >= 0.6 is 0 Å². The highest BCUT2D eigenvalue weighted by molar-refractivity contribution is 5.73. The predicted molar refractivity (Wildman–Crippen MR) is 53.6 cm³/mol. The summed E-state index contributed by atoms with van der Waals surface area (Å²) < 4.78 is 1.80. The SMILES string of the molecule is CC(C)n1nnc2c(CN)ccnc21. The number of rotatable bonds is 2. The molecule has 2 rings (SSSR count). The molecule has 0 amide bonds. The second-order valence-corrected chi connectivity index (χ2v) is 3.47. The van der Waals surface area contributed by atoms with Crippen LogP contribution in [-0.4, -0.2) is 20.0 Å². The Morgan fingerprint density at radius 3 is 2.93 bits per heavy atom. The second kappa shape index (κ2) is 3.34. The van der Waals surface area contributed by atoms with Crippen LogP contribution in [0.4, 0.5) is 0 Å². The highest BCUT2D eigenvalue weighted by Gasteiger charge is 2.10. The summed E-state index contributed by atoms with van der Waals surface area (Å²) in [5.41, 5.74) is 8.20. The second-order valence-electron chi connectivity index (χ2n) is 3.47. The van der Waals surface area contributed by atoms with E-state index in [4.69, 9.17) is 5.73 Å². The van der Waals surface area contributed by atoms with Crippen LogP contribution in [-0.2, 0) is 6.54 Å². The lowest BCUT2D eigenvalue weighted by atomic mass is 10.2. The molecule has 0 atom stereocenters. The molecule has 14 heavy (non-hydrogen) atoms. The lowest BCUT2D eigenvalue weighted by Gasteiger charge is -2.04. The molecule has 2 heterocycles. The van der Waals surface area contributed by atoms with Gasteiger partial charge in [-0.3, -0.25) is 0 Å². The van der Waals surface area contributed by atoms with E-state index in [2.05, 4.69) is 15.3 Å². The van der Waals surface area contributed by atoms with Crippen LogP contribution < -0.4 is 5.73 Å². The van der Waals surface area contributed by atoms with Crippen LogP contribution in [0.2, 0.25) is 0 Å². The summed E-state index contributed by atoms with van der Waals surface area (Å²) in [5.74, 6) is 0. The Hall–Kier alpha value is -1.49. The minimum absolute atomic E-state index is 0.264. The van der Waals surface area contributed by atoms with Crippen molar-refractivity contribution >= 4 is 11.2 Å². The third kappa shape index (κ3) is 1.26. The maximum absolute atomic E-state index is 5.60. The molecular weight excluding hydrogens is 178 g/mol. The van der Waals surface area contributed by atoms with Gasteiger partial charge in [0.2, 0.25) is 0 Å². The fraction of sp³-hybridized carbons (Fsp3) is 0.444. The third-order valence-electron chi connectivity index (χ3n) is 2.16. The first kappa shape index (κ1) is 9.08. The van der Waals surface area contributed by atoms with Gasteiger partial charge in [0.05, 0.1) is 6.04 Å². The minimum Gasteiger partial charge on any atom is -0.326 e. The largest absolute Gasteiger partial charge is 0.326 e. The van der Waals surface area contributed by atoms with E-state index >= 15 is 0 Å². The molecule has 2 aromatic heterocycles. The summed E-state index contributed by atoms with van der Waals surface area (Å²) in [6, 6.07) is 2.14. The normalized spacial score (nSPS) is 11.4. The Bertz CT molecular complexity index is 445. The van der Waals surface area contributed by atoms with Gasteiger partial charge in [-0.2, -0.15) is 0 Å². The number of fused-ring (bicyclic) bond motifs is 1. The molecule has 0 aliphatic rings. The zero-order chi connectivity index (χ0) is 10.1. The Morgan fingerprint density at radius 1 is 1.50 bits per heavy atom. The van der Waals surface area contributed by atoms with Crippen LogP contribution in [0.1, 0.15) is 25.5 Å². The van der Waals surface area contributed by atoms with E-state index < -0.39 is 0 Å². The third-order valence-corrected chi connectivity index (χ3v) is 2.16. The highest BCUT2D eigenvalue weighted by atomic mass is 15.4. The number of hydrogen-bond donors (Lipinski definition) is 1. The molecule has 0 aliphatic carbocycles. The van der Waals surface area contributed by atoms with E-state index in [0.717, 1.165) is 16.7 Å². The van der Waals surface area contributed by atoms with Gasteiger partial charge in [0.15, 0.2) is 5.65 Å². The van der Waals surface area contributed by atoms with Gasteiger partial charge in [-0.05, 0) is 25.5 Å². The number of hydrogen-bond acceptors (Lipinski definition) is 4. The van der Waals surface area contributed by atoms with Gasteiger partial charge in [0, 0.05) is 12.7 Å². The van der Waals surface area contributed by atoms with Gasteiger partial charge in [-0.1, -0.05) is 5.21 Å². The molecule has 5 nitrogen and oxygen atoms in total. The monoisotopic (exact) mass is 191 g/mol. The van der Waals surface area contributed by atoms with E-state index in [-0.39, 0.29) is 6.04 Å². The molecule has 0 bridgehead atoms. The predicted octanol–water partition coefficient (Wildman–Crippen LogP) is 0.866. The summed E-state index contributed by atoms with van der Waals surface area (Å²) in [5, 5.41) is 8.13. The van der Waals surface area contributed by atoms with E-state index in [9.17, 15) is 0 Å². The van der Waals surface area contributed by atoms with Crippen LogP contribution in [0.15, 0.2) is 12.3 Å². The first-order chi connectivity index (χ1) is 6.74. The smallest absolute Gasteiger partial charge is 0.179 e. The van der Waals surface area contributed by atoms with Crippen molar-refractivity contribution < 1.29 is 0 Å². The van der Waals surface area contributed by atoms with Crippen molar-refractivity contribution in [2.45, 2.75) is 26.4 Å². The zero-order valence-electron chi connectivity index (χ0n) is 8.31. The quantitative estimate of drug-likeness (QED) is 0.764. The van der Waals surface area contributed by atoms with Gasteiger partial charge in [0.1, 0.15) is 5.52 Å². The van der Waals surface area contributed by atoms with E-state index in [1.54, 1.807) is 10.9 Å². The maximum Gasteiger partial charge on any atom is 0.179 e. The molecule has 0 aromatic carbocycles. The van der Waals surface area contributed by atoms with Crippen molar-refractivity contribution in [3.8, 4) is 0 Å². The standard InChI is InChI=1S/C9H13N5/c1-6(2)14-9-8(12-13-14)7(5-10)3-4-11-9/h3-4,6H,5,10H2,1-2H3. The maximum atomic E-state index is 5.60. The lowest BCUT2D eigenvalue weighted by Crippen LogP contribution is -2.04. The zero-order valence-corrected chi connectivity index (χ0v) is 8.31. The van der Waals surface area contributed by atoms with Gasteiger partial charge >= 0.3 is 0 Å². The first-order valence-corrected chi connectivity index (χ1v) is 4.63. The summed E-state index contributed by atoms with van der Waals surface area (Å²) in [4.78, 5) is 4.25. The Labute approximate surface area is 81.9 Å². The molecule has 0 fully saturated rings. The van der Waals surface area contributed by atoms with Crippen LogP contribution in [0, 0.1) is 0 Å². The summed E-state index contributed by atoms with van der Waals surface area (Å²) in [6.07, 6.45) is 1.74. The fourth-order valence-electron chi connectivity index (χ4n) is 1.41. The average molecular weight is 191 g/mol.